The maximum atomic E-state index is 6.08. The first-order chi connectivity index (χ1) is 6.72. The van der Waals surface area contributed by atoms with Gasteiger partial charge in [0.2, 0.25) is 0 Å². The fraction of sp³-hybridized carbons (Fsp3) is 0.250. The van der Waals surface area contributed by atoms with Gasteiger partial charge in [-0.05, 0) is 42.7 Å². The number of hydrogen-bond acceptors (Lipinski definition) is 1. The smallest absolute Gasteiger partial charge is 0.0719 e. The summed E-state index contributed by atoms with van der Waals surface area (Å²) in [5.41, 5.74) is 3.61. The van der Waals surface area contributed by atoms with E-state index in [0.717, 1.165) is 22.3 Å². The maximum Gasteiger partial charge on any atom is 0.0719 e. The third-order valence-electron chi connectivity index (χ3n) is 2.53. The molecule has 72 valence electrons. The first-order valence-electron chi connectivity index (χ1n) is 4.76. The quantitative estimate of drug-likeness (QED) is 0.691. The SMILES string of the molecule is CCc1cc2nccc(Cl)c2cc1C. The Morgan fingerprint density at radius 1 is 1.36 bits per heavy atom. The van der Waals surface area contributed by atoms with E-state index in [2.05, 4.69) is 31.0 Å². The topological polar surface area (TPSA) is 12.9 Å². The van der Waals surface area contributed by atoms with Crippen LogP contribution in [-0.4, -0.2) is 4.98 Å². The van der Waals surface area contributed by atoms with Crippen LogP contribution >= 0.6 is 11.6 Å². The van der Waals surface area contributed by atoms with Gasteiger partial charge in [0.05, 0.1) is 10.5 Å². The molecule has 0 radical (unpaired) electrons. The highest BCUT2D eigenvalue weighted by Crippen LogP contribution is 2.24. The van der Waals surface area contributed by atoms with Crippen molar-refractivity contribution < 1.29 is 0 Å². The standard InChI is InChI=1S/C12H12ClN/c1-3-9-7-12-10(6-8(9)2)11(13)4-5-14-12/h4-7H,3H2,1-2H3. The van der Waals surface area contributed by atoms with Crippen molar-refractivity contribution in [2.24, 2.45) is 0 Å². The van der Waals surface area contributed by atoms with E-state index in [1.54, 1.807) is 6.20 Å². The molecule has 0 spiro atoms. The molecular weight excluding hydrogens is 194 g/mol. The van der Waals surface area contributed by atoms with E-state index in [1.165, 1.54) is 11.1 Å². The molecule has 0 aliphatic rings. The molecule has 0 N–H and O–H groups in total. The summed E-state index contributed by atoms with van der Waals surface area (Å²) in [5, 5.41) is 1.82. The first-order valence-corrected chi connectivity index (χ1v) is 5.14. The summed E-state index contributed by atoms with van der Waals surface area (Å²) in [6, 6.07) is 6.06. The summed E-state index contributed by atoms with van der Waals surface area (Å²) in [6.45, 7) is 4.26. The van der Waals surface area contributed by atoms with Gasteiger partial charge in [-0.2, -0.15) is 0 Å². The molecule has 0 saturated heterocycles. The van der Waals surface area contributed by atoms with Crippen LogP contribution < -0.4 is 0 Å². The monoisotopic (exact) mass is 205 g/mol. The van der Waals surface area contributed by atoms with Crippen molar-refractivity contribution in [1.82, 2.24) is 4.98 Å². The van der Waals surface area contributed by atoms with Gasteiger partial charge in [-0.3, -0.25) is 4.98 Å². The van der Waals surface area contributed by atoms with E-state index in [0.29, 0.717) is 0 Å². The van der Waals surface area contributed by atoms with Crippen LogP contribution in [0.1, 0.15) is 18.1 Å². The summed E-state index contributed by atoms with van der Waals surface area (Å²) in [5.74, 6) is 0. The number of pyridine rings is 1. The van der Waals surface area contributed by atoms with Crippen LogP contribution in [0.25, 0.3) is 10.9 Å². The second-order valence-corrected chi connectivity index (χ2v) is 3.85. The number of benzene rings is 1. The highest BCUT2D eigenvalue weighted by molar-refractivity contribution is 6.35. The predicted octanol–water partition coefficient (Wildman–Crippen LogP) is 3.76. The van der Waals surface area contributed by atoms with Crippen LogP contribution in [0.15, 0.2) is 24.4 Å². The minimum atomic E-state index is 0.778. The lowest BCUT2D eigenvalue weighted by atomic mass is 10.0. The number of rotatable bonds is 1. The maximum absolute atomic E-state index is 6.08. The van der Waals surface area contributed by atoms with Gasteiger partial charge in [0, 0.05) is 11.6 Å². The second kappa shape index (κ2) is 3.58. The molecule has 14 heavy (non-hydrogen) atoms. The van der Waals surface area contributed by atoms with Gasteiger partial charge in [-0.15, -0.1) is 0 Å². The van der Waals surface area contributed by atoms with Crippen LogP contribution in [0, 0.1) is 6.92 Å². The largest absolute Gasteiger partial charge is 0.256 e. The molecule has 1 heterocycles. The number of aromatic nitrogens is 1. The highest BCUT2D eigenvalue weighted by atomic mass is 35.5. The lowest BCUT2D eigenvalue weighted by molar-refractivity contribution is 1.11. The average molecular weight is 206 g/mol. The Labute approximate surface area is 88.7 Å². The molecule has 0 aliphatic carbocycles. The van der Waals surface area contributed by atoms with Gasteiger partial charge in [-0.25, -0.2) is 0 Å². The first kappa shape index (κ1) is 9.47. The molecular formula is C12H12ClN. The number of halogens is 1. The minimum Gasteiger partial charge on any atom is -0.256 e. The van der Waals surface area contributed by atoms with Crippen LogP contribution in [0.3, 0.4) is 0 Å². The fourth-order valence-corrected chi connectivity index (χ4v) is 1.90. The second-order valence-electron chi connectivity index (χ2n) is 3.44. The van der Waals surface area contributed by atoms with Gasteiger partial charge in [0.25, 0.3) is 0 Å². The summed E-state index contributed by atoms with van der Waals surface area (Å²) < 4.78 is 0. The summed E-state index contributed by atoms with van der Waals surface area (Å²) in [7, 11) is 0. The number of fused-ring (bicyclic) bond motifs is 1. The van der Waals surface area contributed by atoms with Gasteiger partial charge >= 0.3 is 0 Å². The van der Waals surface area contributed by atoms with Crippen LogP contribution in [0.2, 0.25) is 5.02 Å². The van der Waals surface area contributed by atoms with Crippen molar-refractivity contribution in [3.63, 3.8) is 0 Å². The molecule has 2 rings (SSSR count). The summed E-state index contributed by atoms with van der Waals surface area (Å²) in [4.78, 5) is 4.31. The molecule has 0 aliphatic heterocycles. The molecule has 2 heteroatoms. The molecule has 0 saturated carbocycles. The van der Waals surface area contributed by atoms with Gasteiger partial charge < -0.3 is 0 Å². The van der Waals surface area contributed by atoms with Gasteiger partial charge in [-0.1, -0.05) is 18.5 Å². The molecule has 2 aromatic rings. The van der Waals surface area contributed by atoms with Crippen LogP contribution in [0.4, 0.5) is 0 Å². The van der Waals surface area contributed by atoms with Crippen molar-refractivity contribution in [1.29, 1.82) is 0 Å². The Morgan fingerprint density at radius 2 is 2.14 bits per heavy atom. The summed E-state index contributed by atoms with van der Waals surface area (Å²) >= 11 is 6.08. The summed E-state index contributed by atoms with van der Waals surface area (Å²) in [6.07, 6.45) is 2.79. The molecule has 0 amide bonds. The Bertz CT molecular complexity index is 477. The Balaban J connectivity index is 2.79. The zero-order chi connectivity index (χ0) is 10.1. The van der Waals surface area contributed by atoms with Crippen molar-refractivity contribution in [2.45, 2.75) is 20.3 Å². The van der Waals surface area contributed by atoms with Crippen molar-refractivity contribution in [3.05, 3.63) is 40.5 Å². The molecule has 1 nitrogen and oxygen atoms in total. The normalized spacial score (nSPS) is 10.8. The lowest BCUT2D eigenvalue weighted by Gasteiger charge is -2.06. The van der Waals surface area contributed by atoms with E-state index < -0.39 is 0 Å². The average Bonchev–Trinajstić information content (AvgIpc) is 2.19. The zero-order valence-corrected chi connectivity index (χ0v) is 9.10. The Kier molecular flexibility index (Phi) is 2.42. The molecule has 0 fully saturated rings. The third kappa shape index (κ3) is 1.48. The third-order valence-corrected chi connectivity index (χ3v) is 2.86. The predicted molar refractivity (Wildman–Crippen MR) is 60.9 cm³/mol. The van der Waals surface area contributed by atoms with E-state index in [9.17, 15) is 0 Å². The molecule has 0 atom stereocenters. The number of hydrogen-bond donors (Lipinski definition) is 0. The lowest BCUT2D eigenvalue weighted by Crippen LogP contribution is -1.88. The molecule has 0 bridgehead atoms. The number of nitrogens with zero attached hydrogens (tertiary/aromatic N) is 1. The van der Waals surface area contributed by atoms with Gasteiger partial charge in [0.1, 0.15) is 0 Å². The van der Waals surface area contributed by atoms with Crippen LogP contribution in [0.5, 0.6) is 0 Å². The van der Waals surface area contributed by atoms with Crippen molar-refractivity contribution >= 4 is 22.5 Å². The van der Waals surface area contributed by atoms with E-state index >= 15 is 0 Å². The van der Waals surface area contributed by atoms with Crippen molar-refractivity contribution in [2.75, 3.05) is 0 Å². The zero-order valence-electron chi connectivity index (χ0n) is 8.34. The molecule has 0 unspecified atom stereocenters. The van der Waals surface area contributed by atoms with E-state index in [1.807, 2.05) is 6.07 Å². The number of aryl methyl sites for hydroxylation is 2. The molecule has 1 aromatic heterocycles. The minimum absolute atomic E-state index is 0.778. The Morgan fingerprint density at radius 3 is 2.86 bits per heavy atom. The van der Waals surface area contributed by atoms with Gasteiger partial charge in [0.15, 0.2) is 0 Å². The molecule has 1 aromatic carbocycles. The van der Waals surface area contributed by atoms with Crippen LogP contribution in [-0.2, 0) is 6.42 Å². The highest BCUT2D eigenvalue weighted by Gasteiger charge is 2.03. The fourth-order valence-electron chi connectivity index (χ4n) is 1.69. The van der Waals surface area contributed by atoms with E-state index in [4.69, 9.17) is 11.6 Å². The Hall–Kier alpha value is -1.08. The van der Waals surface area contributed by atoms with Crippen molar-refractivity contribution in [3.8, 4) is 0 Å². The van der Waals surface area contributed by atoms with E-state index in [-0.39, 0.29) is 0 Å².